The standard InChI is InChI=1S/C20H19N7O2/c1-12(2)14-8-9-16-15(10-14)18(20(29)21-16)23-22-17(28)11-27-25-19(24-26-27)13-6-4-3-5-7-13/h3-10,12,21,29H,11H2,1-2H3. The number of aromatic nitrogens is 5. The first-order valence-electron chi connectivity index (χ1n) is 9.13. The summed E-state index contributed by atoms with van der Waals surface area (Å²) in [6, 6.07) is 15.1. The number of hydrogen-bond donors (Lipinski definition) is 2. The average molecular weight is 389 g/mol. The molecule has 0 aliphatic rings. The Kier molecular flexibility index (Phi) is 4.86. The Bertz CT molecular complexity index is 1190. The van der Waals surface area contributed by atoms with Gasteiger partial charge in [-0.15, -0.1) is 20.4 Å². The van der Waals surface area contributed by atoms with Crippen molar-refractivity contribution in [1.82, 2.24) is 25.2 Å². The van der Waals surface area contributed by atoms with Crippen LogP contribution in [-0.2, 0) is 11.3 Å². The van der Waals surface area contributed by atoms with E-state index in [1.807, 2.05) is 48.5 Å². The number of tetrazole rings is 1. The number of amides is 1. The molecule has 4 aromatic rings. The summed E-state index contributed by atoms with van der Waals surface area (Å²) in [6.07, 6.45) is 0. The van der Waals surface area contributed by atoms with Gasteiger partial charge in [0, 0.05) is 10.9 Å². The highest BCUT2D eigenvalue weighted by Crippen LogP contribution is 2.36. The molecule has 0 saturated heterocycles. The molecular formula is C20H19N7O2. The zero-order valence-electron chi connectivity index (χ0n) is 15.9. The molecule has 2 N–H and O–H groups in total. The minimum absolute atomic E-state index is 0.136. The number of benzene rings is 2. The van der Waals surface area contributed by atoms with E-state index < -0.39 is 5.91 Å². The lowest BCUT2D eigenvalue weighted by Gasteiger charge is -2.04. The molecule has 9 nitrogen and oxygen atoms in total. The van der Waals surface area contributed by atoms with Crippen molar-refractivity contribution in [2.75, 3.05) is 0 Å². The fourth-order valence-corrected chi connectivity index (χ4v) is 2.91. The zero-order chi connectivity index (χ0) is 20.4. The van der Waals surface area contributed by atoms with Crippen LogP contribution in [-0.4, -0.2) is 36.2 Å². The summed E-state index contributed by atoms with van der Waals surface area (Å²) < 4.78 is 0. The van der Waals surface area contributed by atoms with Gasteiger partial charge >= 0.3 is 0 Å². The van der Waals surface area contributed by atoms with Crippen molar-refractivity contribution < 1.29 is 9.90 Å². The van der Waals surface area contributed by atoms with Gasteiger partial charge in [-0.2, -0.15) is 4.80 Å². The molecule has 1 amide bonds. The topological polar surface area (TPSA) is 121 Å². The lowest BCUT2D eigenvalue weighted by molar-refractivity contribution is -0.119. The summed E-state index contributed by atoms with van der Waals surface area (Å²) in [6.45, 7) is 3.95. The Morgan fingerprint density at radius 2 is 2.00 bits per heavy atom. The Morgan fingerprint density at radius 1 is 1.21 bits per heavy atom. The summed E-state index contributed by atoms with van der Waals surface area (Å²) in [5.41, 5.74) is 2.85. The molecule has 9 heteroatoms. The van der Waals surface area contributed by atoms with Crippen molar-refractivity contribution in [1.29, 1.82) is 0 Å². The van der Waals surface area contributed by atoms with E-state index in [-0.39, 0.29) is 18.1 Å². The highest BCUT2D eigenvalue weighted by atomic mass is 16.3. The molecule has 2 aromatic heterocycles. The maximum atomic E-state index is 12.2. The van der Waals surface area contributed by atoms with Crippen LogP contribution < -0.4 is 0 Å². The number of azo groups is 1. The molecule has 0 saturated carbocycles. The maximum absolute atomic E-state index is 12.2. The molecule has 0 spiro atoms. The first-order chi connectivity index (χ1) is 14.0. The molecule has 0 atom stereocenters. The van der Waals surface area contributed by atoms with Crippen molar-refractivity contribution in [3.63, 3.8) is 0 Å². The second-order valence-corrected chi connectivity index (χ2v) is 6.89. The van der Waals surface area contributed by atoms with Gasteiger partial charge in [0.1, 0.15) is 6.54 Å². The van der Waals surface area contributed by atoms with Gasteiger partial charge in [0.05, 0.1) is 5.52 Å². The van der Waals surface area contributed by atoms with Crippen molar-refractivity contribution in [2.24, 2.45) is 10.2 Å². The molecule has 2 aromatic carbocycles. The van der Waals surface area contributed by atoms with Crippen LogP contribution in [0.1, 0.15) is 25.3 Å². The molecule has 4 rings (SSSR count). The number of aromatic amines is 1. The van der Waals surface area contributed by atoms with Crippen LogP contribution in [0.4, 0.5) is 5.69 Å². The SMILES string of the molecule is CC(C)c1ccc2[nH]c(O)c(N=NC(=O)Cn3nnc(-c4ccccc4)n3)c2c1. The summed E-state index contributed by atoms with van der Waals surface area (Å²) in [5, 5.41) is 30.5. The van der Waals surface area contributed by atoms with Crippen molar-refractivity contribution in [3.05, 3.63) is 54.1 Å². The minimum atomic E-state index is -0.559. The lowest BCUT2D eigenvalue weighted by Crippen LogP contribution is -2.10. The average Bonchev–Trinajstić information content (AvgIpc) is 3.30. The highest BCUT2D eigenvalue weighted by molar-refractivity contribution is 5.95. The fraction of sp³-hybridized carbons (Fsp3) is 0.200. The van der Waals surface area contributed by atoms with Crippen LogP contribution >= 0.6 is 0 Å². The zero-order valence-corrected chi connectivity index (χ0v) is 15.9. The van der Waals surface area contributed by atoms with Crippen LogP contribution in [0.5, 0.6) is 5.88 Å². The summed E-state index contributed by atoms with van der Waals surface area (Å²) in [5.74, 6) is 0.0457. The van der Waals surface area contributed by atoms with Crippen molar-refractivity contribution in [2.45, 2.75) is 26.3 Å². The van der Waals surface area contributed by atoms with Crippen LogP contribution in [0.2, 0.25) is 0 Å². The molecule has 0 fully saturated rings. The Balaban J connectivity index is 1.52. The highest BCUT2D eigenvalue weighted by Gasteiger charge is 2.13. The number of rotatable bonds is 5. The predicted octanol–water partition coefficient (Wildman–Crippen LogP) is 3.96. The Labute approximate surface area is 166 Å². The van der Waals surface area contributed by atoms with Gasteiger partial charge < -0.3 is 10.1 Å². The van der Waals surface area contributed by atoms with Crippen LogP contribution in [0.3, 0.4) is 0 Å². The molecule has 0 aliphatic heterocycles. The van der Waals surface area contributed by atoms with Gasteiger partial charge in [-0.3, -0.25) is 4.79 Å². The number of aromatic hydroxyl groups is 1. The number of H-pyrrole nitrogens is 1. The van der Waals surface area contributed by atoms with E-state index >= 15 is 0 Å². The fourth-order valence-electron chi connectivity index (χ4n) is 2.91. The summed E-state index contributed by atoms with van der Waals surface area (Å²) in [7, 11) is 0. The number of nitrogens with zero attached hydrogens (tertiary/aromatic N) is 6. The normalized spacial score (nSPS) is 11.7. The molecule has 0 unspecified atom stereocenters. The van der Waals surface area contributed by atoms with E-state index in [1.165, 1.54) is 0 Å². The number of nitrogens with one attached hydrogen (secondary N) is 1. The molecule has 0 aliphatic carbocycles. The van der Waals surface area contributed by atoms with Gasteiger partial charge in [-0.25, -0.2) is 0 Å². The van der Waals surface area contributed by atoms with E-state index in [4.69, 9.17) is 0 Å². The monoisotopic (exact) mass is 389 g/mol. The second kappa shape index (κ2) is 7.63. The van der Waals surface area contributed by atoms with E-state index in [1.54, 1.807) is 0 Å². The van der Waals surface area contributed by atoms with Crippen molar-refractivity contribution >= 4 is 22.5 Å². The van der Waals surface area contributed by atoms with Gasteiger partial charge in [0.2, 0.25) is 11.7 Å². The molecule has 146 valence electrons. The lowest BCUT2D eigenvalue weighted by atomic mass is 10.0. The Hall–Kier alpha value is -3.88. The smallest absolute Gasteiger partial charge is 0.287 e. The molecule has 0 radical (unpaired) electrons. The molecule has 2 heterocycles. The van der Waals surface area contributed by atoms with Gasteiger partial charge in [-0.05, 0) is 28.8 Å². The molecule has 0 bridgehead atoms. The Morgan fingerprint density at radius 3 is 2.76 bits per heavy atom. The maximum Gasteiger partial charge on any atom is 0.287 e. The number of carbonyl (C=O) groups excluding carboxylic acids is 1. The van der Waals surface area contributed by atoms with E-state index in [9.17, 15) is 9.90 Å². The summed E-state index contributed by atoms with van der Waals surface area (Å²) in [4.78, 5) is 16.2. The van der Waals surface area contributed by atoms with Gasteiger partial charge in [-0.1, -0.05) is 50.2 Å². The third-order valence-corrected chi connectivity index (χ3v) is 4.47. The number of carbonyl (C=O) groups is 1. The molecular weight excluding hydrogens is 370 g/mol. The quantitative estimate of drug-likeness (QED) is 0.500. The van der Waals surface area contributed by atoms with Gasteiger partial charge in [0.25, 0.3) is 5.91 Å². The van der Waals surface area contributed by atoms with E-state index in [0.29, 0.717) is 17.1 Å². The van der Waals surface area contributed by atoms with Crippen LogP contribution in [0.25, 0.3) is 22.3 Å². The predicted molar refractivity (Wildman–Crippen MR) is 107 cm³/mol. The van der Waals surface area contributed by atoms with E-state index in [2.05, 4.69) is 44.5 Å². The largest absolute Gasteiger partial charge is 0.493 e. The first-order valence-corrected chi connectivity index (χ1v) is 9.13. The summed E-state index contributed by atoms with van der Waals surface area (Å²) >= 11 is 0. The number of hydrogen-bond acceptors (Lipinski definition) is 6. The third-order valence-electron chi connectivity index (χ3n) is 4.47. The second-order valence-electron chi connectivity index (χ2n) is 6.89. The van der Waals surface area contributed by atoms with Crippen molar-refractivity contribution in [3.8, 4) is 17.3 Å². The van der Waals surface area contributed by atoms with Gasteiger partial charge in [0.15, 0.2) is 5.69 Å². The molecule has 29 heavy (non-hydrogen) atoms. The van der Waals surface area contributed by atoms with Crippen LogP contribution in [0, 0.1) is 0 Å². The minimum Gasteiger partial charge on any atom is -0.493 e. The third kappa shape index (κ3) is 3.88. The van der Waals surface area contributed by atoms with E-state index in [0.717, 1.165) is 21.4 Å². The first kappa shape index (κ1) is 18.5. The number of fused-ring (bicyclic) bond motifs is 1. The van der Waals surface area contributed by atoms with Crippen LogP contribution in [0.15, 0.2) is 58.8 Å².